The quantitative estimate of drug-likeness (QED) is 0.855. The Labute approximate surface area is 117 Å². The fourth-order valence-electron chi connectivity index (χ4n) is 2.01. The molecule has 0 bridgehead atoms. The highest BCUT2D eigenvalue weighted by atomic mass is 19.1. The third-order valence-electron chi connectivity index (χ3n) is 3.06. The van der Waals surface area contributed by atoms with E-state index in [1.807, 2.05) is 30.1 Å². The molecular weight excluding hydrogens is 255 g/mol. The highest BCUT2D eigenvalue weighted by molar-refractivity contribution is 5.49. The summed E-state index contributed by atoms with van der Waals surface area (Å²) in [7, 11) is 3.43. The SMILES string of the molecule is COc1cc(CN(C)c2cccc(F)c2)ccc1C#N. The first-order valence-electron chi connectivity index (χ1n) is 6.17. The van der Waals surface area contributed by atoms with Crippen molar-refractivity contribution in [3.63, 3.8) is 0 Å². The van der Waals surface area contributed by atoms with E-state index < -0.39 is 0 Å². The monoisotopic (exact) mass is 270 g/mol. The van der Waals surface area contributed by atoms with Gasteiger partial charge in [-0.2, -0.15) is 5.26 Å². The molecule has 0 amide bonds. The van der Waals surface area contributed by atoms with Gasteiger partial charge in [0.2, 0.25) is 0 Å². The van der Waals surface area contributed by atoms with E-state index >= 15 is 0 Å². The van der Waals surface area contributed by atoms with Crippen molar-refractivity contribution in [3.05, 3.63) is 59.4 Å². The van der Waals surface area contributed by atoms with Crippen LogP contribution in [0.1, 0.15) is 11.1 Å². The highest BCUT2D eigenvalue weighted by Gasteiger charge is 2.07. The predicted octanol–water partition coefficient (Wildman–Crippen LogP) is 3.34. The zero-order chi connectivity index (χ0) is 14.5. The molecule has 0 aliphatic rings. The minimum Gasteiger partial charge on any atom is -0.495 e. The number of anilines is 1. The Morgan fingerprint density at radius 2 is 2.05 bits per heavy atom. The van der Waals surface area contributed by atoms with Crippen LogP contribution in [0, 0.1) is 17.1 Å². The Hall–Kier alpha value is -2.54. The van der Waals surface area contributed by atoms with E-state index in [1.54, 1.807) is 12.1 Å². The minimum absolute atomic E-state index is 0.258. The van der Waals surface area contributed by atoms with Gasteiger partial charge in [0.05, 0.1) is 12.7 Å². The summed E-state index contributed by atoms with van der Waals surface area (Å²) in [5.41, 5.74) is 2.30. The van der Waals surface area contributed by atoms with Gasteiger partial charge in [0.25, 0.3) is 0 Å². The molecule has 0 aromatic heterocycles. The molecule has 102 valence electrons. The minimum atomic E-state index is -0.258. The lowest BCUT2D eigenvalue weighted by molar-refractivity contribution is 0.413. The molecule has 3 nitrogen and oxygen atoms in total. The van der Waals surface area contributed by atoms with Crippen LogP contribution in [-0.2, 0) is 6.54 Å². The average Bonchev–Trinajstić information content (AvgIpc) is 2.47. The summed E-state index contributed by atoms with van der Waals surface area (Å²) < 4.78 is 18.4. The standard InChI is InChI=1S/C16H15FN2O/c1-19(15-5-3-4-14(17)9-15)11-12-6-7-13(10-18)16(8-12)20-2/h3-9H,11H2,1-2H3. The zero-order valence-electron chi connectivity index (χ0n) is 11.4. The van der Waals surface area contributed by atoms with Crippen molar-refractivity contribution in [2.24, 2.45) is 0 Å². The molecule has 4 heteroatoms. The number of halogens is 1. The van der Waals surface area contributed by atoms with Crippen LogP contribution in [-0.4, -0.2) is 14.2 Å². The maximum Gasteiger partial charge on any atom is 0.136 e. The molecule has 0 saturated carbocycles. The fraction of sp³-hybridized carbons (Fsp3) is 0.188. The molecule has 2 rings (SSSR count). The van der Waals surface area contributed by atoms with Gasteiger partial charge in [-0.1, -0.05) is 12.1 Å². The van der Waals surface area contributed by atoms with Crippen molar-refractivity contribution in [3.8, 4) is 11.8 Å². The molecule has 20 heavy (non-hydrogen) atoms. The Morgan fingerprint density at radius 3 is 2.70 bits per heavy atom. The Kier molecular flexibility index (Phi) is 4.21. The number of nitriles is 1. The number of rotatable bonds is 4. The molecule has 0 spiro atoms. The van der Waals surface area contributed by atoms with Gasteiger partial charge in [0, 0.05) is 19.3 Å². The summed E-state index contributed by atoms with van der Waals surface area (Å²) in [5.74, 6) is 0.296. The topological polar surface area (TPSA) is 36.3 Å². The van der Waals surface area contributed by atoms with Crippen LogP contribution < -0.4 is 9.64 Å². The summed E-state index contributed by atoms with van der Waals surface area (Å²) in [5, 5.41) is 8.95. The normalized spacial score (nSPS) is 9.90. The first-order chi connectivity index (χ1) is 9.63. The van der Waals surface area contributed by atoms with Crippen molar-refractivity contribution in [2.75, 3.05) is 19.1 Å². The van der Waals surface area contributed by atoms with Gasteiger partial charge in [-0.25, -0.2) is 4.39 Å². The second-order valence-electron chi connectivity index (χ2n) is 4.48. The highest BCUT2D eigenvalue weighted by Crippen LogP contribution is 2.22. The van der Waals surface area contributed by atoms with Crippen LogP contribution in [0.4, 0.5) is 10.1 Å². The summed E-state index contributed by atoms with van der Waals surface area (Å²) in [6, 6.07) is 13.9. The average molecular weight is 270 g/mol. The molecule has 0 unspecified atom stereocenters. The Balaban J connectivity index is 2.20. The molecule has 0 heterocycles. The van der Waals surface area contributed by atoms with Gasteiger partial charge in [-0.05, 0) is 35.9 Å². The molecule has 2 aromatic carbocycles. The van der Waals surface area contributed by atoms with Crippen molar-refractivity contribution >= 4 is 5.69 Å². The van der Waals surface area contributed by atoms with Gasteiger partial charge in [0.15, 0.2) is 0 Å². The number of nitrogens with zero attached hydrogens (tertiary/aromatic N) is 2. The number of methoxy groups -OCH3 is 1. The summed E-state index contributed by atoms with van der Waals surface area (Å²) in [4.78, 5) is 1.93. The largest absolute Gasteiger partial charge is 0.495 e. The Bertz CT molecular complexity index is 649. The first-order valence-corrected chi connectivity index (χ1v) is 6.17. The summed E-state index contributed by atoms with van der Waals surface area (Å²) >= 11 is 0. The van der Waals surface area contributed by atoms with Gasteiger partial charge < -0.3 is 9.64 Å². The lowest BCUT2D eigenvalue weighted by Gasteiger charge is -2.20. The van der Waals surface area contributed by atoms with Crippen molar-refractivity contribution in [1.29, 1.82) is 5.26 Å². The number of hydrogen-bond acceptors (Lipinski definition) is 3. The van der Waals surface area contributed by atoms with Crippen LogP contribution in [0.2, 0.25) is 0 Å². The van der Waals surface area contributed by atoms with Crippen LogP contribution in [0.15, 0.2) is 42.5 Å². The fourth-order valence-corrected chi connectivity index (χ4v) is 2.01. The predicted molar refractivity (Wildman–Crippen MR) is 76.2 cm³/mol. The van der Waals surface area contributed by atoms with Crippen molar-refractivity contribution in [1.82, 2.24) is 0 Å². The van der Waals surface area contributed by atoms with E-state index in [0.717, 1.165) is 11.3 Å². The molecule has 0 aliphatic heterocycles. The lowest BCUT2D eigenvalue weighted by Crippen LogP contribution is -2.16. The molecule has 2 aromatic rings. The van der Waals surface area contributed by atoms with Crippen molar-refractivity contribution in [2.45, 2.75) is 6.54 Å². The second-order valence-corrected chi connectivity index (χ2v) is 4.48. The molecule has 0 radical (unpaired) electrons. The third-order valence-corrected chi connectivity index (χ3v) is 3.06. The summed E-state index contributed by atoms with van der Waals surface area (Å²) in [6.07, 6.45) is 0. The van der Waals surface area contributed by atoms with E-state index in [2.05, 4.69) is 6.07 Å². The number of ether oxygens (including phenoxy) is 1. The molecule has 0 saturated heterocycles. The lowest BCUT2D eigenvalue weighted by atomic mass is 10.1. The first kappa shape index (κ1) is 13.9. The van der Waals surface area contributed by atoms with E-state index in [0.29, 0.717) is 17.9 Å². The van der Waals surface area contributed by atoms with Crippen LogP contribution in [0.3, 0.4) is 0 Å². The van der Waals surface area contributed by atoms with Gasteiger partial charge in [0.1, 0.15) is 17.6 Å². The zero-order valence-corrected chi connectivity index (χ0v) is 11.4. The molecule has 0 fully saturated rings. The molecule has 0 atom stereocenters. The maximum atomic E-state index is 13.2. The van der Waals surface area contributed by atoms with E-state index in [1.165, 1.54) is 19.2 Å². The molecular formula is C16H15FN2O. The molecule has 0 aliphatic carbocycles. The van der Waals surface area contributed by atoms with E-state index in [4.69, 9.17) is 10.00 Å². The van der Waals surface area contributed by atoms with Crippen LogP contribution in [0.25, 0.3) is 0 Å². The maximum absolute atomic E-state index is 13.2. The van der Waals surface area contributed by atoms with Gasteiger partial charge >= 0.3 is 0 Å². The third kappa shape index (κ3) is 3.07. The Morgan fingerprint density at radius 1 is 1.25 bits per heavy atom. The van der Waals surface area contributed by atoms with Gasteiger partial charge in [-0.15, -0.1) is 0 Å². The molecule has 0 N–H and O–H groups in total. The summed E-state index contributed by atoms with van der Waals surface area (Å²) in [6.45, 7) is 0.603. The number of hydrogen-bond donors (Lipinski definition) is 0. The van der Waals surface area contributed by atoms with Gasteiger partial charge in [-0.3, -0.25) is 0 Å². The number of benzene rings is 2. The van der Waals surface area contributed by atoms with E-state index in [-0.39, 0.29) is 5.82 Å². The smallest absolute Gasteiger partial charge is 0.136 e. The van der Waals surface area contributed by atoms with E-state index in [9.17, 15) is 4.39 Å². The van der Waals surface area contributed by atoms with Crippen LogP contribution in [0.5, 0.6) is 5.75 Å². The van der Waals surface area contributed by atoms with Crippen molar-refractivity contribution < 1.29 is 9.13 Å². The van der Waals surface area contributed by atoms with Crippen LogP contribution >= 0.6 is 0 Å². The second kappa shape index (κ2) is 6.07.